The van der Waals surface area contributed by atoms with Crippen LogP contribution in [0.25, 0.3) is 0 Å². The fourth-order valence-electron chi connectivity index (χ4n) is 2.74. The summed E-state index contributed by atoms with van der Waals surface area (Å²) in [5, 5.41) is 13.8. The van der Waals surface area contributed by atoms with Gasteiger partial charge in [-0.05, 0) is 53.3 Å². The first kappa shape index (κ1) is 17.0. The second-order valence-electron chi connectivity index (χ2n) is 5.93. The second-order valence-corrected chi connectivity index (χ2v) is 8.14. The van der Waals surface area contributed by atoms with Crippen molar-refractivity contribution in [1.29, 1.82) is 0 Å². The molecule has 6 heteroatoms. The van der Waals surface area contributed by atoms with Gasteiger partial charge < -0.3 is 10.4 Å². The van der Waals surface area contributed by atoms with Crippen LogP contribution in [0.2, 0.25) is 0 Å². The molecule has 1 aromatic carbocycles. The number of anilines is 1. The van der Waals surface area contributed by atoms with Crippen molar-refractivity contribution in [2.75, 3.05) is 11.1 Å². The molecule has 4 nitrogen and oxygen atoms in total. The van der Waals surface area contributed by atoms with Crippen LogP contribution in [0.1, 0.15) is 28.2 Å². The molecule has 1 amide bonds. The van der Waals surface area contributed by atoms with Gasteiger partial charge in [-0.25, -0.2) is 0 Å². The molecule has 0 bridgehead atoms. The van der Waals surface area contributed by atoms with Gasteiger partial charge in [0.2, 0.25) is 5.91 Å². The molecular formula is C18H19NO3S2. The smallest absolute Gasteiger partial charge is 0.306 e. The Balaban J connectivity index is 1.64. The van der Waals surface area contributed by atoms with E-state index in [9.17, 15) is 9.59 Å². The van der Waals surface area contributed by atoms with E-state index in [1.165, 1.54) is 4.88 Å². The zero-order valence-electron chi connectivity index (χ0n) is 13.3. The van der Waals surface area contributed by atoms with Crippen molar-refractivity contribution in [2.45, 2.75) is 25.0 Å². The van der Waals surface area contributed by atoms with E-state index in [2.05, 4.69) is 10.7 Å². The van der Waals surface area contributed by atoms with Crippen LogP contribution in [0.15, 0.2) is 35.7 Å². The highest BCUT2D eigenvalue weighted by Gasteiger charge is 2.28. The fraction of sp³-hybridized carbons (Fsp3) is 0.333. The van der Waals surface area contributed by atoms with Gasteiger partial charge in [0.05, 0.1) is 5.92 Å². The Kier molecular flexibility index (Phi) is 5.26. The summed E-state index contributed by atoms with van der Waals surface area (Å²) in [6, 6.07) is 9.47. The summed E-state index contributed by atoms with van der Waals surface area (Å²) in [7, 11) is 0. The third-order valence-electron chi connectivity index (χ3n) is 4.10. The van der Waals surface area contributed by atoms with Crippen molar-refractivity contribution < 1.29 is 14.7 Å². The van der Waals surface area contributed by atoms with Crippen molar-refractivity contribution in [1.82, 2.24) is 0 Å². The lowest BCUT2D eigenvalue weighted by Crippen LogP contribution is -2.22. The Morgan fingerprint density at radius 2 is 2.04 bits per heavy atom. The number of benzene rings is 1. The van der Waals surface area contributed by atoms with Crippen LogP contribution in [-0.4, -0.2) is 22.7 Å². The number of nitrogens with one attached hydrogen (secondary N) is 1. The average Bonchev–Trinajstić information content (AvgIpc) is 3.05. The molecule has 0 aliphatic carbocycles. The van der Waals surface area contributed by atoms with E-state index >= 15 is 0 Å². The predicted octanol–water partition coefficient (Wildman–Crippen LogP) is 3.98. The molecule has 2 N–H and O–H groups in total. The minimum atomic E-state index is -0.798. The molecule has 2 aromatic rings. The minimum absolute atomic E-state index is 0.00556. The van der Waals surface area contributed by atoms with Crippen molar-refractivity contribution in [3.8, 4) is 0 Å². The molecule has 1 aromatic heterocycles. The SMILES string of the molecule is CC(Cc1ccc(NC(=O)C2SCCc3sccc32)cc1)C(=O)O. The molecule has 0 radical (unpaired) electrons. The van der Waals surface area contributed by atoms with Crippen LogP contribution in [0.3, 0.4) is 0 Å². The zero-order chi connectivity index (χ0) is 17.1. The van der Waals surface area contributed by atoms with Crippen LogP contribution < -0.4 is 5.32 Å². The lowest BCUT2D eigenvalue weighted by molar-refractivity contribution is -0.141. The van der Waals surface area contributed by atoms with Crippen LogP contribution in [0.5, 0.6) is 0 Å². The standard InChI is InChI=1S/C18H19NO3S2/c1-11(18(21)22)10-12-2-4-13(5-3-12)19-17(20)16-14-6-8-23-15(14)7-9-24-16/h2-6,8,11,16H,7,9-10H2,1H3,(H,19,20)(H,21,22). The first-order valence-electron chi connectivity index (χ1n) is 7.85. The fourth-order valence-corrected chi connectivity index (χ4v) is 5.03. The summed E-state index contributed by atoms with van der Waals surface area (Å²) in [5.74, 6) is -0.238. The Morgan fingerprint density at radius 1 is 1.29 bits per heavy atom. The quantitative estimate of drug-likeness (QED) is 0.845. The van der Waals surface area contributed by atoms with E-state index < -0.39 is 11.9 Å². The number of hydrogen-bond donors (Lipinski definition) is 2. The van der Waals surface area contributed by atoms with E-state index in [0.717, 1.165) is 29.0 Å². The topological polar surface area (TPSA) is 66.4 Å². The lowest BCUT2D eigenvalue weighted by atomic mass is 10.0. The summed E-state index contributed by atoms with van der Waals surface area (Å²) in [5.41, 5.74) is 2.84. The molecule has 2 atom stereocenters. The maximum absolute atomic E-state index is 12.6. The van der Waals surface area contributed by atoms with Gasteiger partial charge in [0.1, 0.15) is 5.25 Å². The molecule has 126 valence electrons. The van der Waals surface area contributed by atoms with Crippen molar-refractivity contribution >= 4 is 40.7 Å². The molecule has 0 fully saturated rings. The molecule has 1 aliphatic rings. The number of carbonyl (C=O) groups excluding carboxylic acids is 1. The first-order valence-corrected chi connectivity index (χ1v) is 9.78. The number of hydrogen-bond acceptors (Lipinski definition) is 4. The summed E-state index contributed by atoms with van der Waals surface area (Å²) in [6.45, 7) is 1.69. The van der Waals surface area contributed by atoms with Gasteiger partial charge in [0, 0.05) is 10.6 Å². The normalized spacial score (nSPS) is 17.8. The van der Waals surface area contributed by atoms with E-state index in [-0.39, 0.29) is 11.2 Å². The maximum Gasteiger partial charge on any atom is 0.306 e. The number of carbonyl (C=O) groups is 2. The van der Waals surface area contributed by atoms with Crippen molar-refractivity contribution in [2.24, 2.45) is 5.92 Å². The van der Waals surface area contributed by atoms with Gasteiger partial charge in [-0.3, -0.25) is 9.59 Å². The second kappa shape index (κ2) is 7.40. The number of thiophene rings is 1. The molecule has 0 saturated carbocycles. The average molecular weight is 361 g/mol. The van der Waals surface area contributed by atoms with Crippen LogP contribution in [0, 0.1) is 5.92 Å². The van der Waals surface area contributed by atoms with Gasteiger partial charge in [-0.15, -0.1) is 23.1 Å². The van der Waals surface area contributed by atoms with Crippen molar-refractivity contribution in [3.05, 3.63) is 51.7 Å². The van der Waals surface area contributed by atoms with Gasteiger partial charge in [0.15, 0.2) is 0 Å². The van der Waals surface area contributed by atoms with E-state index in [1.54, 1.807) is 30.0 Å². The highest BCUT2D eigenvalue weighted by Crippen LogP contribution is 2.39. The Labute approximate surface area is 149 Å². The van der Waals surface area contributed by atoms with Gasteiger partial charge in [-0.2, -0.15) is 0 Å². The number of aryl methyl sites for hydroxylation is 1. The molecule has 2 unspecified atom stereocenters. The van der Waals surface area contributed by atoms with Crippen LogP contribution >= 0.6 is 23.1 Å². The summed E-state index contributed by atoms with van der Waals surface area (Å²) in [6.07, 6.45) is 1.53. The Bertz CT molecular complexity index is 739. The van der Waals surface area contributed by atoms with Crippen molar-refractivity contribution in [3.63, 3.8) is 0 Å². The molecule has 3 rings (SSSR count). The predicted molar refractivity (Wildman–Crippen MR) is 98.8 cm³/mol. The lowest BCUT2D eigenvalue weighted by Gasteiger charge is -2.21. The minimum Gasteiger partial charge on any atom is -0.481 e. The largest absolute Gasteiger partial charge is 0.481 e. The molecule has 2 heterocycles. The third kappa shape index (κ3) is 3.82. The molecular weight excluding hydrogens is 342 g/mol. The Morgan fingerprint density at radius 3 is 2.75 bits per heavy atom. The Hall–Kier alpha value is -1.79. The summed E-state index contributed by atoms with van der Waals surface area (Å²) >= 11 is 3.40. The molecule has 0 saturated heterocycles. The van der Waals surface area contributed by atoms with Gasteiger partial charge >= 0.3 is 5.97 Å². The highest BCUT2D eigenvalue weighted by atomic mass is 32.2. The number of aliphatic carboxylic acids is 1. The number of amides is 1. The third-order valence-corrected chi connectivity index (χ3v) is 6.34. The van der Waals surface area contributed by atoms with E-state index in [4.69, 9.17) is 5.11 Å². The van der Waals surface area contributed by atoms with Gasteiger partial charge in [-0.1, -0.05) is 19.1 Å². The molecule has 0 spiro atoms. The van der Waals surface area contributed by atoms with Gasteiger partial charge in [0.25, 0.3) is 0 Å². The maximum atomic E-state index is 12.6. The van der Waals surface area contributed by atoms with Crippen LogP contribution in [-0.2, 0) is 22.4 Å². The molecule has 24 heavy (non-hydrogen) atoms. The molecule has 1 aliphatic heterocycles. The number of carboxylic acid groups (broad SMARTS) is 1. The summed E-state index contributed by atoms with van der Waals surface area (Å²) in [4.78, 5) is 24.8. The monoisotopic (exact) mass is 361 g/mol. The summed E-state index contributed by atoms with van der Waals surface area (Å²) < 4.78 is 0. The van der Waals surface area contributed by atoms with E-state index in [0.29, 0.717) is 6.42 Å². The van der Waals surface area contributed by atoms with Crippen LogP contribution in [0.4, 0.5) is 5.69 Å². The number of carboxylic acids is 1. The number of fused-ring (bicyclic) bond motifs is 1. The first-order chi connectivity index (χ1) is 11.5. The number of rotatable bonds is 5. The zero-order valence-corrected chi connectivity index (χ0v) is 15.0. The number of thioether (sulfide) groups is 1. The highest BCUT2D eigenvalue weighted by molar-refractivity contribution is 8.00. The van der Waals surface area contributed by atoms with E-state index in [1.807, 2.05) is 30.3 Å².